The van der Waals surface area contributed by atoms with E-state index in [0.717, 1.165) is 18.7 Å². The summed E-state index contributed by atoms with van der Waals surface area (Å²) >= 11 is 0. The molecule has 0 aliphatic rings. The van der Waals surface area contributed by atoms with Crippen molar-refractivity contribution in [1.82, 2.24) is 5.32 Å². The van der Waals surface area contributed by atoms with Gasteiger partial charge >= 0.3 is 5.97 Å². The molecule has 124 valence electrons. The Morgan fingerprint density at radius 2 is 1.59 bits per heavy atom. The van der Waals surface area contributed by atoms with Crippen LogP contribution in [0.4, 0.5) is 0 Å². The van der Waals surface area contributed by atoms with Crippen LogP contribution in [0, 0.1) is 0 Å². The number of esters is 1. The zero-order valence-electron chi connectivity index (χ0n) is 14.7. The number of nitrogens with one attached hydrogen (secondary N) is 1. The van der Waals surface area contributed by atoms with Crippen molar-refractivity contribution in [1.29, 1.82) is 0 Å². The maximum absolute atomic E-state index is 11.5. The highest BCUT2D eigenvalue weighted by molar-refractivity contribution is 5.72. The monoisotopic (exact) mass is 307 g/mol. The van der Waals surface area contributed by atoms with E-state index < -0.39 is 5.60 Å². The molecule has 1 N–H and O–H groups in total. The Kier molecular flexibility index (Phi) is 6.42. The van der Waals surface area contributed by atoms with Gasteiger partial charge in [-0.1, -0.05) is 12.1 Å². The molecule has 0 aliphatic heterocycles. The highest BCUT2D eigenvalue weighted by atomic mass is 16.6. The van der Waals surface area contributed by atoms with Gasteiger partial charge in [-0.25, -0.2) is 0 Å². The van der Waals surface area contributed by atoms with Crippen molar-refractivity contribution in [3.05, 3.63) is 29.8 Å². The molecule has 1 aromatic rings. The van der Waals surface area contributed by atoms with E-state index in [9.17, 15) is 4.79 Å². The molecule has 0 unspecified atom stereocenters. The summed E-state index contributed by atoms with van der Waals surface area (Å²) in [6, 6.07) is 8.06. The van der Waals surface area contributed by atoms with Crippen molar-refractivity contribution < 1.29 is 14.3 Å². The molecule has 0 aliphatic carbocycles. The first-order valence-electron chi connectivity index (χ1n) is 7.76. The SMILES string of the molecule is CC(C)(C)OC(=O)CNCCc1ccc(OC(C)(C)C)cc1. The lowest BCUT2D eigenvalue weighted by molar-refractivity contribution is -0.153. The highest BCUT2D eigenvalue weighted by Gasteiger charge is 2.15. The summed E-state index contributed by atoms with van der Waals surface area (Å²) in [5, 5.41) is 3.10. The minimum absolute atomic E-state index is 0.184. The van der Waals surface area contributed by atoms with E-state index in [0.29, 0.717) is 0 Å². The van der Waals surface area contributed by atoms with Crippen LogP contribution in [0.25, 0.3) is 0 Å². The van der Waals surface area contributed by atoms with E-state index in [1.807, 2.05) is 53.7 Å². The summed E-state index contributed by atoms with van der Waals surface area (Å²) in [5.41, 5.74) is 0.593. The number of ether oxygens (including phenoxy) is 2. The molecule has 0 bridgehead atoms. The first kappa shape index (κ1) is 18.5. The lowest BCUT2D eigenvalue weighted by Gasteiger charge is -2.21. The van der Waals surface area contributed by atoms with Crippen molar-refractivity contribution in [2.45, 2.75) is 59.2 Å². The Morgan fingerprint density at radius 1 is 1.00 bits per heavy atom. The van der Waals surface area contributed by atoms with Crippen LogP contribution in [-0.2, 0) is 16.0 Å². The van der Waals surface area contributed by atoms with Crippen LogP contribution < -0.4 is 10.1 Å². The Morgan fingerprint density at radius 3 is 2.09 bits per heavy atom. The van der Waals surface area contributed by atoms with Crippen molar-refractivity contribution in [3.63, 3.8) is 0 Å². The second-order valence-corrected chi connectivity index (χ2v) is 7.37. The molecule has 0 spiro atoms. The molecular formula is C18H29NO3. The average Bonchev–Trinajstić information content (AvgIpc) is 2.32. The molecule has 0 saturated heterocycles. The predicted molar refractivity (Wildman–Crippen MR) is 89.2 cm³/mol. The number of benzene rings is 1. The van der Waals surface area contributed by atoms with Crippen LogP contribution in [-0.4, -0.2) is 30.3 Å². The van der Waals surface area contributed by atoms with Gasteiger partial charge in [0.25, 0.3) is 0 Å². The molecule has 0 atom stereocenters. The summed E-state index contributed by atoms with van der Waals surface area (Å²) in [6.45, 7) is 12.7. The Hall–Kier alpha value is -1.55. The maximum atomic E-state index is 11.5. The quantitative estimate of drug-likeness (QED) is 0.647. The third-order valence-electron chi connectivity index (χ3n) is 2.63. The van der Waals surface area contributed by atoms with Gasteiger partial charge < -0.3 is 14.8 Å². The standard InChI is InChI=1S/C18H29NO3/c1-17(2,3)21-15-9-7-14(8-10-15)11-12-19-13-16(20)22-18(4,5)6/h7-10,19H,11-13H2,1-6H3. The first-order valence-corrected chi connectivity index (χ1v) is 7.76. The topological polar surface area (TPSA) is 47.6 Å². The van der Waals surface area contributed by atoms with E-state index in [1.54, 1.807) is 0 Å². The number of hydrogen-bond acceptors (Lipinski definition) is 4. The third-order valence-corrected chi connectivity index (χ3v) is 2.63. The van der Waals surface area contributed by atoms with Crippen LogP contribution in [0.5, 0.6) is 5.75 Å². The van der Waals surface area contributed by atoms with E-state index in [1.165, 1.54) is 5.56 Å². The van der Waals surface area contributed by atoms with Gasteiger partial charge in [-0.2, -0.15) is 0 Å². The van der Waals surface area contributed by atoms with Crippen molar-refractivity contribution in [2.75, 3.05) is 13.1 Å². The molecule has 4 nitrogen and oxygen atoms in total. The molecule has 0 heterocycles. The van der Waals surface area contributed by atoms with Gasteiger partial charge in [-0.15, -0.1) is 0 Å². The van der Waals surface area contributed by atoms with Gasteiger partial charge in [-0.3, -0.25) is 4.79 Å². The van der Waals surface area contributed by atoms with Gasteiger partial charge in [-0.05, 0) is 72.2 Å². The lowest BCUT2D eigenvalue weighted by atomic mass is 10.1. The fourth-order valence-electron chi connectivity index (χ4n) is 1.88. The predicted octanol–water partition coefficient (Wildman–Crippen LogP) is 3.34. The van der Waals surface area contributed by atoms with Crippen LogP contribution in [0.1, 0.15) is 47.1 Å². The Balaban J connectivity index is 2.30. The number of carbonyl (C=O) groups is 1. The Bertz CT molecular complexity index is 467. The van der Waals surface area contributed by atoms with E-state index >= 15 is 0 Å². The molecule has 0 fully saturated rings. The van der Waals surface area contributed by atoms with Crippen molar-refractivity contribution in [2.24, 2.45) is 0 Å². The smallest absolute Gasteiger partial charge is 0.320 e. The summed E-state index contributed by atoms with van der Waals surface area (Å²) < 4.78 is 11.0. The molecule has 22 heavy (non-hydrogen) atoms. The molecule has 0 aromatic heterocycles. The summed E-state index contributed by atoms with van der Waals surface area (Å²) in [7, 11) is 0. The fraction of sp³-hybridized carbons (Fsp3) is 0.611. The average molecular weight is 307 g/mol. The van der Waals surface area contributed by atoms with Crippen LogP contribution in [0.3, 0.4) is 0 Å². The van der Waals surface area contributed by atoms with Crippen LogP contribution in [0.2, 0.25) is 0 Å². The first-order chi connectivity index (χ1) is 10.1. The molecule has 0 radical (unpaired) electrons. The van der Waals surface area contributed by atoms with E-state index in [2.05, 4.69) is 17.4 Å². The van der Waals surface area contributed by atoms with Gasteiger partial charge in [0, 0.05) is 0 Å². The van der Waals surface area contributed by atoms with E-state index in [-0.39, 0.29) is 18.1 Å². The molecule has 4 heteroatoms. The van der Waals surface area contributed by atoms with Crippen LogP contribution in [0.15, 0.2) is 24.3 Å². The summed E-state index contributed by atoms with van der Waals surface area (Å²) in [6.07, 6.45) is 0.860. The Labute approximate surface area is 134 Å². The minimum atomic E-state index is -0.429. The fourth-order valence-corrected chi connectivity index (χ4v) is 1.88. The highest BCUT2D eigenvalue weighted by Crippen LogP contribution is 2.18. The van der Waals surface area contributed by atoms with Gasteiger partial charge in [0.05, 0.1) is 6.54 Å². The second-order valence-electron chi connectivity index (χ2n) is 7.37. The van der Waals surface area contributed by atoms with Crippen molar-refractivity contribution in [3.8, 4) is 5.75 Å². The number of rotatable bonds is 6. The van der Waals surface area contributed by atoms with Crippen LogP contribution >= 0.6 is 0 Å². The zero-order valence-corrected chi connectivity index (χ0v) is 14.7. The second kappa shape index (κ2) is 7.63. The number of hydrogen-bond donors (Lipinski definition) is 1. The molecule has 0 saturated carbocycles. The minimum Gasteiger partial charge on any atom is -0.488 e. The number of carbonyl (C=O) groups excluding carboxylic acids is 1. The van der Waals surface area contributed by atoms with Gasteiger partial charge in [0.2, 0.25) is 0 Å². The van der Waals surface area contributed by atoms with E-state index in [4.69, 9.17) is 9.47 Å². The largest absolute Gasteiger partial charge is 0.488 e. The molecule has 0 amide bonds. The molecule has 1 aromatic carbocycles. The summed E-state index contributed by atoms with van der Waals surface area (Å²) in [5.74, 6) is 0.652. The van der Waals surface area contributed by atoms with Crippen molar-refractivity contribution >= 4 is 5.97 Å². The normalized spacial score (nSPS) is 12.1. The third kappa shape index (κ3) is 8.67. The van der Waals surface area contributed by atoms with Gasteiger partial charge in [0.15, 0.2) is 0 Å². The zero-order chi connectivity index (χ0) is 16.8. The molecule has 1 rings (SSSR count). The summed E-state index contributed by atoms with van der Waals surface area (Å²) in [4.78, 5) is 11.5. The van der Waals surface area contributed by atoms with Gasteiger partial charge in [0.1, 0.15) is 17.0 Å². The molecular weight excluding hydrogens is 278 g/mol. The lowest BCUT2D eigenvalue weighted by Crippen LogP contribution is -2.32. The maximum Gasteiger partial charge on any atom is 0.320 e.